The number of nitrogens with one attached hydrogen (secondary N) is 1. The molecule has 0 spiro atoms. The summed E-state index contributed by atoms with van der Waals surface area (Å²) < 4.78 is 0. The molecule has 2 aromatic heterocycles. The standard InChI is InChI=1S/C9H10N4O2/c1-4(2)7-12-5-6(9(14)15)10-3-11-8(5)13-7/h3-4H,1-2H3,(H,14,15)(H,10,11,12,13). The smallest absolute Gasteiger partial charge is 0.356 e. The van der Waals surface area contributed by atoms with Gasteiger partial charge in [0.15, 0.2) is 11.3 Å². The zero-order chi connectivity index (χ0) is 11.0. The van der Waals surface area contributed by atoms with Crippen LogP contribution in [0.15, 0.2) is 6.33 Å². The van der Waals surface area contributed by atoms with Crippen molar-refractivity contribution >= 4 is 17.1 Å². The Morgan fingerprint density at radius 3 is 2.80 bits per heavy atom. The predicted octanol–water partition coefficient (Wildman–Crippen LogP) is 1.17. The number of carbonyl (C=O) groups is 1. The molecule has 0 bridgehead atoms. The van der Waals surface area contributed by atoms with E-state index in [1.54, 1.807) is 0 Å². The number of nitrogens with zero attached hydrogens (tertiary/aromatic N) is 3. The summed E-state index contributed by atoms with van der Waals surface area (Å²) in [5.41, 5.74) is 0.735. The molecule has 0 unspecified atom stereocenters. The summed E-state index contributed by atoms with van der Waals surface area (Å²) in [6.45, 7) is 3.93. The van der Waals surface area contributed by atoms with Crippen molar-refractivity contribution in [3.05, 3.63) is 17.8 Å². The summed E-state index contributed by atoms with van der Waals surface area (Å²) in [5, 5.41) is 8.89. The van der Waals surface area contributed by atoms with Gasteiger partial charge < -0.3 is 10.1 Å². The first-order valence-electron chi connectivity index (χ1n) is 4.53. The SMILES string of the molecule is CC(C)c1nc2ncnc(C(=O)O)c2[nH]1. The number of aromatic carboxylic acids is 1. The third kappa shape index (κ3) is 1.54. The van der Waals surface area contributed by atoms with Gasteiger partial charge in [0, 0.05) is 5.92 Å². The van der Waals surface area contributed by atoms with Gasteiger partial charge in [-0.2, -0.15) is 0 Å². The number of carboxylic acids is 1. The molecule has 0 atom stereocenters. The summed E-state index contributed by atoms with van der Waals surface area (Å²) >= 11 is 0. The number of carboxylic acid groups (broad SMARTS) is 1. The lowest BCUT2D eigenvalue weighted by Gasteiger charge is -1.96. The van der Waals surface area contributed by atoms with E-state index in [9.17, 15) is 4.79 Å². The molecule has 2 heterocycles. The van der Waals surface area contributed by atoms with Crippen molar-refractivity contribution in [3.63, 3.8) is 0 Å². The van der Waals surface area contributed by atoms with Crippen molar-refractivity contribution < 1.29 is 9.90 Å². The predicted molar refractivity (Wildman–Crippen MR) is 52.7 cm³/mol. The topological polar surface area (TPSA) is 91.8 Å². The number of imidazole rings is 1. The number of rotatable bonds is 2. The average Bonchev–Trinajstić information content (AvgIpc) is 2.60. The lowest BCUT2D eigenvalue weighted by Crippen LogP contribution is -2.01. The highest BCUT2D eigenvalue weighted by Crippen LogP contribution is 2.16. The van der Waals surface area contributed by atoms with Crippen LogP contribution < -0.4 is 0 Å². The van der Waals surface area contributed by atoms with Crippen LogP contribution in [0.2, 0.25) is 0 Å². The minimum Gasteiger partial charge on any atom is -0.476 e. The maximum Gasteiger partial charge on any atom is 0.356 e. The normalized spacial score (nSPS) is 11.1. The average molecular weight is 206 g/mol. The van der Waals surface area contributed by atoms with Crippen molar-refractivity contribution in [2.45, 2.75) is 19.8 Å². The second-order valence-corrected chi connectivity index (χ2v) is 3.50. The van der Waals surface area contributed by atoms with Gasteiger partial charge >= 0.3 is 5.97 Å². The molecule has 0 aromatic carbocycles. The molecule has 0 radical (unpaired) electrons. The van der Waals surface area contributed by atoms with E-state index in [1.165, 1.54) is 6.33 Å². The first kappa shape index (κ1) is 9.57. The third-order valence-corrected chi connectivity index (χ3v) is 2.06. The molecule has 6 nitrogen and oxygen atoms in total. The zero-order valence-electron chi connectivity index (χ0n) is 8.35. The van der Waals surface area contributed by atoms with Crippen molar-refractivity contribution in [2.75, 3.05) is 0 Å². The van der Waals surface area contributed by atoms with E-state index in [1.807, 2.05) is 13.8 Å². The molecule has 0 saturated heterocycles. The van der Waals surface area contributed by atoms with E-state index >= 15 is 0 Å². The summed E-state index contributed by atoms with van der Waals surface area (Å²) in [7, 11) is 0. The van der Waals surface area contributed by atoms with Gasteiger partial charge in [0.1, 0.15) is 17.7 Å². The van der Waals surface area contributed by atoms with Crippen LogP contribution >= 0.6 is 0 Å². The van der Waals surface area contributed by atoms with Gasteiger partial charge in [-0.1, -0.05) is 13.8 Å². The van der Waals surface area contributed by atoms with Crippen LogP contribution in [0.25, 0.3) is 11.2 Å². The third-order valence-electron chi connectivity index (χ3n) is 2.06. The Morgan fingerprint density at radius 2 is 2.20 bits per heavy atom. The van der Waals surface area contributed by atoms with Gasteiger partial charge in [-0.15, -0.1) is 0 Å². The molecule has 2 N–H and O–H groups in total. The monoisotopic (exact) mass is 206 g/mol. The summed E-state index contributed by atoms with van der Waals surface area (Å²) in [6, 6.07) is 0. The van der Waals surface area contributed by atoms with E-state index in [0.717, 1.165) is 0 Å². The molecule has 78 valence electrons. The van der Waals surface area contributed by atoms with E-state index in [-0.39, 0.29) is 11.6 Å². The lowest BCUT2D eigenvalue weighted by atomic mass is 10.2. The highest BCUT2D eigenvalue weighted by Gasteiger charge is 2.15. The minimum absolute atomic E-state index is 0.0422. The van der Waals surface area contributed by atoms with Crippen LogP contribution in [0, 0.1) is 0 Å². The van der Waals surface area contributed by atoms with Crippen LogP contribution in [0.5, 0.6) is 0 Å². The molecule has 15 heavy (non-hydrogen) atoms. The van der Waals surface area contributed by atoms with Gasteiger partial charge in [0.05, 0.1) is 0 Å². The minimum atomic E-state index is -1.08. The van der Waals surface area contributed by atoms with Crippen molar-refractivity contribution in [1.29, 1.82) is 0 Å². The Kier molecular flexibility index (Phi) is 2.11. The maximum absolute atomic E-state index is 10.9. The van der Waals surface area contributed by atoms with Crippen molar-refractivity contribution in [3.8, 4) is 0 Å². The van der Waals surface area contributed by atoms with Gasteiger partial charge in [0.2, 0.25) is 0 Å². The Balaban J connectivity index is 2.70. The van der Waals surface area contributed by atoms with Gasteiger partial charge in [0.25, 0.3) is 0 Å². The van der Waals surface area contributed by atoms with E-state index < -0.39 is 5.97 Å². The Bertz CT molecular complexity index is 518. The van der Waals surface area contributed by atoms with Gasteiger partial charge in [-0.05, 0) is 0 Å². The first-order valence-corrected chi connectivity index (χ1v) is 4.53. The van der Waals surface area contributed by atoms with Crippen LogP contribution in [0.1, 0.15) is 36.1 Å². The Morgan fingerprint density at radius 1 is 1.47 bits per heavy atom. The highest BCUT2D eigenvalue weighted by molar-refractivity contribution is 5.97. The molecule has 2 rings (SSSR count). The molecule has 2 aromatic rings. The zero-order valence-corrected chi connectivity index (χ0v) is 8.35. The van der Waals surface area contributed by atoms with Gasteiger partial charge in [-0.25, -0.2) is 19.7 Å². The summed E-state index contributed by atoms with van der Waals surface area (Å²) in [4.78, 5) is 25.6. The van der Waals surface area contributed by atoms with Crippen LogP contribution in [0.3, 0.4) is 0 Å². The fourth-order valence-corrected chi connectivity index (χ4v) is 1.28. The summed E-state index contributed by atoms with van der Waals surface area (Å²) in [6.07, 6.45) is 1.21. The first-order chi connectivity index (χ1) is 7.09. The molecular formula is C9H10N4O2. The molecule has 0 saturated carbocycles. The van der Waals surface area contributed by atoms with Crippen LogP contribution in [-0.4, -0.2) is 31.0 Å². The lowest BCUT2D eigenvalue weighted by molar-refractivity contribution is 0.0692. The maximum atomic E-state index is 10.9. The van der Waals surface area contributed by atoms with E-state index in [4.69, 9.17) is 5.11 Å². The second kappa shape index (κ2) is 3.30. The van der Waals surface area contributed by atoms with Gasteiger partial charge in [-0.3, -0.25) is 0 Å². The molecule has 0 aliphatic rings. The second-order valence-electron chi connectivity index (χ2n) is 3.50. The Labute approximate surface area is 85.4 Å². The fourth-order valence-electron chi connectivity index (χ4n) is 1.28. The molecule has 0 aliphatic heterocycles. The molecule has 0 aliphatic carbocycles. The number of hydrogen-bond donors (Lipinski definition) is 2. The van der Waals surface area contributed by atoms with Crippen molar-refractivity contribution in [2.24, 2.45) is 0 Å². The quantitative estimate of drug-likeness (QED) is 0.769. The number of aromatic amines is 1. The number of H-pyrrole nitrogens is 1. The van der Waals surface area contributed by atoms with E-state index in [2.05, 4.69) is 19.9 Å². The fraction of sp³-hybridized carbons (Fsp3) is 0.333. The molecule has 0 fully saturated rings. The van der Waals surface area contributed by atoms with E-state index in [0.29, 0.717) is 17.0 Å². The molecule has 0 amide bonds. The Hall–Kier alpha value is -1.98. The largest absolute Gasteiger partial charge is 0.476 e. The molecule has 6 heteroatoms. The van der Waals surface area contributed by atoms with Crippen LogP contribution in [-0.2, 0) is 0 Å². The summed E-state index contributed by atoms with van der Waals surface area (Å²) in [5.74, 6) is -0.171. The number of hydrogen-bond acceptors (Lipinski definition) is 4. The highest BCUT2D eigenvalue weighted by atomic mass is 16.4. The number of aromatic nitrogens is 4. The number of fused-ring (bicyclic) bond motifs is 1. The van der Waals surface area contributed by atoms with Crippen LogP contribution in [0.4, 0.5) is 0 Å². The molecular weight excluding hydrogens is 196 g/mol. The van der Waals surface area contributed by atoms with Crippen molar-refractivity contribution in [1.82, 2.24) is 19.9 Å².